The molecule has 1 atom stereocenters. The molecule has 0 aliphatic carbocycles. The highest BCUT2D eigenvalue weighted by atomic mass is 35.5. The van der Waals surface area contributed by atoms with Gasteiger partial charge in [-0.3, -0.25) is 0 Å². The monoisotopic (exact) mass is 405 g/mol. The predicted octanol–water partition coefficient (Wildman–Crippen LogP) is 3.22. The van der Waals surface area contributed by atoms with Gasteiger partial charge in [0.1, 0.15) is 11.0 Å². The number of nitrogens with zero attached hydrogens (tertiary/aromatic N) is 4. The number of fused-ring (bicyclic) bond motifs is 1. The second-order valence-electron chi connectivity index (χ2n) is 6.81. The van der Waals surface area contributed by atoms with Crippen molar-refractivity contribution in [2.75, 3.05) is 12.3 Å². The molecule has 1 saturated heterocycles. The lowest BCUT2D eigenvalue weighted by Crippen LogP contribution is -2.41. The van der Waals surface area contributed by atoms with Crippen LogP contribution < -0.4 is 5.73 Å². The molecule has 142 valence electrons. The number of aromatic nitrogens is 3. The number of sulfonamides is 1. The molecule has 0 unspecified atom stereocenters. The van der Waals surface area contributed by atoms with E-state index in [2.05, 4.69) is 10.2 Å². The SMILES string of the molecule is C[C@@H]1CCCCN1S(=O)(=O)c1ccc(-n2nc3cc(N)c(Cl)cc3n2)cc1. The zero-order chi connectivity index (χ0) is 19.2. The number of nitrogens with two attached hydrogens (primary N) is 1. The van der Waals surface area contributed by atoms with Crippen LogP contribution in [0.4, 0.5) is 5.69 Å². The normalized spacial score (nSPS) is 18.8. The number of rotatable bonds is 3. The van der Waals surface area contributed by atoms with Crippen LogP contribution in [-0.2, 0) is 10.0 Å². The van der Waals surface area contributed by atoms with E-state index in [9.17, 15) is 8.42 Å². The van der Waals surface area contributed by atoms with Crippen molar-refractivity contribution >= 4 is 38.3 Å². The Bertz CT molecular complexity index is 1060. The van der Waals surface area contributed by atoms with Gasteiger partial charge >= 0.3 is 0 Å². The van der Waals surface area contributed by atoms with Gasteiger partial charge in [-0.05, 0) is 56.2 Å². The first-order valence-electron chi connectivity index (χ1n) is 8.80. The molecule has 0 radical (unpaired) electrons. The molecule has 0 spiro atoms. The first kappa shape index (κ1) is 18.2. The largest absolute Gasteiger partial charge is 0.397 e. The smallest absolute Gasteiger partial charge is 0.243 e. The van der Waals surface area contributed by atoms with Crippen LogP contribution in [0.15, 0.2) is 41.3 Å². The summed E-state index contributed by atoms with van der Waals surface area (Å²) < 4.78 is 27.4. The van der Waals surface area contributed by atoms with Crippen molar-refractivity contribution < 1.29 is 8.42 Å². The van der Waals surface area contributed by atoms with Gasteiger partial charge in [0.15, 0.2) is 0 Å². The van der Waals surface area contributed by atoms with Crippen molar-refractivity contribution in [1.82, 2.24) is 19.3 Å². The van der Waals surface area contributed by atoms with E-state index in [0.717, 1.165) is 19.3 Å². The minimum atomic E-state index is -3.50. The summed E-state index contributed by atoms with van der Waals surface area (Å²) in [6, 6.07) is 9.94. The quantitative estimate of drug-likeness (QED) is 0.675. The second kappa shape index (κ2) is 6.78. The molecule has 4 rings (SSSR count). The van der Waals surface area contributed by atoms with Gasteiger partial charge in [0.2, 0.25) is 10.0 Å². The van der Waals surface area contributed by atoms with Gasteiger partial charge in [-0.1, -0.05) is 18.0 Å². The summed E-state index contributed by atoms with van der Waals surface area (Å²) in [4.78, 5) is 1.73. The molecule has 3 aromatic rings. The molecule has 0 amide bonds. The van der Waals surface area contributed by atoms with Crippen LogP contribution in [0.25, 0.3) is 16.7 Å². The molecule has 7 nitrogen and oxygen atoms in total. The molecule has 9 heteroatoms. The third-order valence-electron chi connectivity index (χ3n) is 4.92. The fourth-order valence-electron chi connectivity index (χ4n) is 3.39. The highest BCUT2D eigenvalue weighted by Gasteiger charge is 2.30. The molecule has 2 aromatic carbocycles. The fraction of sp³-hybridized carbons (Fsp3) is 0.333. The van der Waals surface area contributed by atoms with Gasteiger partial charge in [-0.15, -0.1) is 10.2 Å². The third kappa shape index (κ3) is 3.28. The molecule has 0 saturated carbocycles. The van der Waals surface area contributed by atoms with Crippen LogP contribution >= 0.6 is 11.6 Å². The average molecular weight is 406 g/mol. The zero-order valence-corrected chi connectivity index (χ0v) is 16.4. The highest BCUT2D eigenvalue weighted by Crippen LogP contribution is 2.27. The van der Waals surface area contributed by atoms with Crippen LogP contribution in [-0.4, -0.2) is 40.3 Å². The summed E-state index contributed by atoms with van der Waals surface area (Å²) in [5.74, 6) is 0. The van der Waals surface area contributed by atoms with Crippen LogP contribution in [0.3, 0.4) is 0 Å². The van der Waals surface area contributed by atoms with Gasteiger partial charge in [0.05, 0.1) is 21.3 Å². The minimum absolute atomic E-state index is 0.0247. The van der Waals surface area contributed by atoms with E-state index in [1.54, 1.807) is 40.7 Å². The van der Waals surface area contributed by atoms with Gasteiger partial charge in [0.25, 0.3) is 0 Å². The van der Waals surface area contributed by atoms with E-state index >= 15 is 0 Å². The molecule has 27 heavy (non-hydrogen) atoms. The number of nitrogen functional groups attached to an aromatic ring is 1. The Kier molecular flexibility index (Phi) is 4.57. The van der Waals surface area contributed by atoms with Crippen LogP contribution in [0, 0.1) is 0 Å². The average Bonchev–Trinajstić information content (AvgIpc) is 3.05. The van der Waals surface area contributed by atoms with Crippen LogP contribution in [0.2, 0.25) is 5.02 Å². The zero-order valence-electron chi connectivity index (χ0n) is 14.8. The van der Waals surface area contributed by atoms with Gasteiger partial charge in [-0.2, -0.15) is 9.10 Å². The number of benzene rings is 2. The van der Waals surface area contributed by atoms with Crippen molar-refractivity contribution in [3.63, 3.8) is 0 Å². The molecule has 1 aliphatic rings. The number of piperidine rings is 1. The molecule has 2 N–H and O–H groups in total. The summed E-state index contributed by atoms with van der Waals surface area (Å²) in [6.45, 7) is 2.53. The van der Waals surface area contributed by atoms with Gasteiger partial charge in [-0.25, -0.2) is 8.42 Å². The maximum atomic E-state index is 12.9. The van der Waals surface area contributed by atoms with Crippen LogP contribution in [0.1, 0.15) is 26.2 Å². The maximum absolute atomic E-state index is 12.9. The lowest BCUT2D eigenvalue weighted by molar-refractivity contribution is 0.268. The van der Waals surface area contributed by atoms with Gasteiger partial charge in [0, 0.05) is 12.6 Å². The number of halogens is 1. The fourth-order valence-corrected chi connectivity index (χ4v) is 5.24. The Morgan fingerprint density at radius 2 is 1.78 bits per heavy atom. The maximum Gasteiger partial charge on any atom is 0.243 e. The molecule has 1 aromatic heterocycles. The Hall–Kier alpha value is -2.16. The van der Waals surface area contributed by atoms with E-state index < -0.39 is 10.0 Å². The number of hydrogen-bond donors (Lipinski definition) is 1. The van der Waals surface area contributed by atoms with Gasteiger partial charge < -0.3 is 5.73 Å². The van der Waals surface area contributed by atoms with E-state index in [4.69, 9.17) is 17.3 Å². The third-order valence-corrected chi connectivity index (χ3v) is 7.27. The first-order valence-corrected chi connectivity index (χ1v) is 10.6. The minimum Gasteiger partial charge on any atom is -0.397 e. The number of anilines is 1. The van der Waals surface area contributed by atoms with E-state index in [1.807, 2.05) is 6.92 Å². The summed E-state index contributed by atoms with van der Waals surface area (Å²) >= 11 is 6.03. The van der Waals surface area contributed by atoms with Crippen molar-refractivity contribution in [2.45, 2.75) is 37.1 Å². The molecule has 2 heterocycles. The van der Waals surface area contributed by atoms with Crippen molar-refractivity contribution in [3.8, 4) is 5.69 Å². The summed E-state index contributed by atoms with van der Waals surface area (Å²) in [5, 5.41) is 9.19. The Labute approximate surface area is 162 Å². The van der Waals surface area contributed by atoms with Crippen molar-refractivity contribution in [2.24, 2.45) is 0 Å². The van der Waals surface area contributed by atoms with Crippen LogP contribution in [0.5, 0.6) is 0 Å². The first-order chi connectivity index (χ1) is 12.9. The highest BCUT2D eigenvalue weighted by molar-refractivity contribution is 7.89. The molecular weight excluding hydrogens is 386 g/mol. The summed E-state index contributed by atoms with van der Waals surface area (Å²) in [6.07, 6.45) is 2.86. The lowest BCUT2D eigenvalue weighted by atomic mass is 10.1. The van der Waals surface area contributed by atoms with E-state index in [-0.39, 0.29) is 10.9 Å². The standard InChI is InChI=1S/C18H20ClN5O2S/c1-12-4-2-3-9-23(12)27(25,26)14-7-5-13(6-8-14)24-21-17-10-15(19)16(20)11-18(17)22-24/h5-8,10-12H,2-4,9,20H2,1H3/t12-/m1/s1. The Balaban J connectivity index is 1.66. The Morgan fingerprint density at radius 1 is 1.11 bits per heavy atom. The second-order valence-corrected chi connectivity index (χ2v) is 9.10. The predicted molar refractivity (Wildman–Crippen MR) is 105 cm³/mol. The van der Waals surface area contributed by atoms with Crippen molar-refractivity contribution in [1.29, 1.82) is 0 Å². The van der Waals surface area contributed by atoms with Crippen molar-refractivity contribution in [3.05, 3.63) is 41.4 Å². The lowest BCUT2D eigenvalue weighted by Gasteiger charge is -2.32. The molecule has 1 fully saturated rings. The van der Waals surface area contributed by atoms with E-state index in [0.29, 0.717) is 34.0 Å². The van der Waals surface area contributed by atoms with E-state index in [1.165, 1.54) is 4.80 Å². The Morgan fingerprint density at radius 3 is 2.44 bits per heavy atom. The topological polar surface area (TPSA) is 94.1 Å². The molecular formula is C18H20ClN5O2S. The molecule has 0 bridgehead atoms. The summed E-state index contributed by atoms with van der Waals surface area (Å²) in [5.41, 5.74) is 8.14. The summed E-state index contributed by atoms with van der Waals surface area (Å²) in [7, 11) is -3.50. The molecule has 1 aliphatic heterocycles. The number of hydrogen-bond acceptors (Lipinski definition) is 5.